The van der Waals surface area contributed by atoms with Crippen LogP contribution in [0.5, 0.6) is 0 Å². The molecule has 19 heavy (non-hydrogen) atoms. The van der Waals surface area contributed by atoms with Crippen molar-refractivity contribution in [2.24, 2.45) is 0 Å². The molecule has 1 aliphatic heterocycles. The highest BCUT2D eigenvalue weighted by Crippen LogP contribution is 2.19. The summed E-state index contributed by atoms with van der Waals surface area (Å²) in [5, 5.41) is 2.80. The molecule has 1 aromatic heterocycles. The van der Waals surface area contributed by atoms with E-state index in [1.54, 1.807) is 7.11 Å². The van der Waals surface area contributed by atoms with Crippen LogP contribution in [0.2, 0.25) is 0 Å². The van der Waals surface area contributed by atoms with Crippen molar-refractivity contribution in [2.45, 2.75) is 32.9 Å². The highest BCUT2D eigenvalue weighted by molar-refractivity contribution is 5.89. The average molecular weight is 267 g/mol. The molecule has 2 rings (SSSR count). The number of rotatable bonds is 5. The number of nitrogens with one attached hydrogen (secondary N) is 1. The lowest BCUT2D eigenvalue weighted by Crippen LogP contribution is -2.35. The molecule has 1 aromatic rings. The SMILES string of the molecule is CCN1CCc2oc(C(=O)N[C@H](C)COC)nc2C1. The number of nitrogens with zero attached hydrogens (tertiary/aromatic N) is 2. The van der Waals surface area contributed by atoms with Crippen molar-refractivity contribution in [3.8, 4) is 0 Å². The number of carbonyl (C=O) groups excluding carboxylic acids is 1. The highest BCUT2D eigenvalue weighted by atomic mass is 16.5. The zero-order chi connectivity index (χ0) is 13.8. The number of fused-ring (bicyclic) bond motifs is 1. The van der Waals surface area contributed by atoms with E-state index < -0.39 is 0 Å². The van der Waals surface area contributed by atoms with Gasteiger partial charge in [-0.25, -0.2) is 4.98 Å². The lowest BCUT2D eigenvalue weighted by Gasteiger charge is -2.22. The molecule has 0 spiro atoms. The summed E-state index contributed by atoms with van der Waals surface area (Å²) in [5.74, 6) is 0.724. The molecule has 1 N–H and O–H groups in total. The fourth-order valence-corrected chi connectivity index (χ4v) is 2.20. The van der Waals surface area contributed by atoms with Crippen molar-refractivity contribution in [3.05, 3.63) is 17.3 Å². The maximum atomic E-state index is 12.0. The summed E-state index contributed by atoms with van der Waals surface area (Å²) in [6.07, 6.45) is 0.817. The minimum Gasteiger partial charge on any atom is -0.437 e. The number of hydrogen-bond acceptors (Lipinski definition) is 5. The standard InChI is InChI=1S/C13H21N3O3/c1-4-16-6-5-11-10(7-16)15-13(19-11)12(17)14-9(2)8-18-3/h9H,4-8H2,1-3H3,(H,14,17)/t9-/m1/s1. The molecule has 0 aliphatic carbocycles. The van der Waals surface area contributed by atoms with Crippen molar-refractivity contribution in [1.82, 2.24) is 15.2 Å². The van der Waals surface area contributed by atoms with Crippen LogP contribution in [0.1, 0.15) is 36.0 Å². The van der Waals surface area contributed by atoms with E-state index in [1.165, 1.54) is 0 Å². The molecule has 0 unspecified atom stereocenters. The van der Waals surface area contributed by atoms with Gasteiger partial charge in [-0.1, -0.05) is 6.92 Å². The number of methoxy groups -OCH3 is 1. The summed E-state index contributed by atoms with van der Waals surface area (Å²) in [6, 6.07) is -0.0615. The fourth-order valence-electron chi connectivity index (χ4n) is 2.20. The van der Waals surface area contributed by atoms with E-state index in [2.05, 4.69) is 22.1 Å². The molecule has 1 aliphatic rings. The number of hydrogen-bond donors (Lipinski definition) is 1. The third-order valence-electron chi connectivity index (χ3n) is 3.24. The Morgan fingerprint density at radius 1 is 1.63 bits per heavy atom. The predicted octanol–water partition coefficient (Wildman–Crippen LogP) is 0.817. The van der Waals surface area contributed by atoms with Gasteiger partial charge in [0, 0.05) is 32.7 Å². The smallest absolute Gasteiger partial charge is 0.307 e. The Morgan fingerprint density at radius 3 is 3.11 bits per heavy atom. The predicted molar refractivity (Wildman–Crippen MR) is 70.0 cm³/mol. The number of amides is 1. The molecule has 2 heterocycles. The molecular weight excluding hydrogens is 246 g/mol. The number of aromatic nitrogens is 1. The van der Waals surface area contributed by atoms with Gasteiger partial charge in [-0.3, -0.25) is 9.69 Å². The maximum Gasteiger partial charge on any atom is 0.307 e. The molecule has 1 atom stereocenters. The Kier molecular flexibility index (Phi) is 4.55. The summed E-state index contributed by atoms with van der Waals surface area (Å²) < 4.78 is 10.5. The Morgan fingerprint density at radius 2 is 2.42 bits per heavy atom. The Bertz CT molecular complexity index is 444. The van der Waals surface area contributed by atoms with E-state index in [4.69, 9.17) is 9.15 Å². The molecule has 0 saturated heterocycles. The van der Waals surface area contributed by atoms with Gasteiger partial charge in [0.2, 0.25) is 0 Å². The van der Waals surface area contributed by atoms with E-state index >= 15 is 0 Å². The minimum atomic E-state index is -0.276. The van der Waals surface area contributed by atoms with Gasteiger partial charge in [0.15, 0.2) is 0 Å². The molecule has 0 radical (unpaired) electrons. The zero-order valence-corrected chi connectivity index (χ0v) is 11.7. The lowest BCUT2D eigenvalue weighted by atomic mass is 10.2. The normalized spacial score (nSPS) is 17.0. The van der Waals surface area contributed by atoms with Crippen LogP contribution >= 0.6 is 0 Å². The van der Waals surface area contributed by atoms with Crippen molar-refractivity contribution in [1.29, 1.82) is 0 Å². The first-order valence-electron chi connectivity index (χ1n) is 6.64. The van der Waals surface area contributed by atoms with Crippen LogP contribution in [0.25, 0.3) is 0 Å². The molecule has 6 heteroatoms. The van der Waals surface area contributed by atoms with Gasteiger partial charge in [-0.05, 0) is 13.5 Å². The topological polar surface area (TPSA) is 67.6 Å². The second-order valence-electron chi connectivity index (χ2n) is 4.84. The highest BCUT2D eigenvalue weighted by Gasteiger charge is 2.24. The van der Waals surface area contributed by atoms with Crippen molar-refractivity contribution >= 4 is 5.91 Å². The molecule has 6 nitrogen and oxygen atoms in total. The summed E-state index contributed by atoms with van der Waals surface area (Å²) in [6.45, 7) is 7.17. The van der Waals surface area contributed by atoms with Crippen molar-refractivity contribution in [3.63, 3.8) is 0 Å². The van der Waals surface area contributed by atoms with Gasteiger partial charge in [0.1, 0.15) is 5.76 Å². The molecule has 0 saturated carbocycles. The number of carbonyl (C=O) groups is 1. The van der Waals surface area contributed by atoms with E-state index in [0.29, 0.717) is 6.61 Å². The number of oxazole rings is 1. The van der Waals surface area contributed by atoms with E-state index in [-0.39, 0.29) is 17.8 Å². The van der Waals surface area contributed by atoms with Gasteiger partial charge in [-0.15, -0.1) is 0 Å². The van der Waals surface area contributed by atoms with E-state index in [9.17, 15) is 4.79 Å². The Hall–Kier alpha value is -1.40. The minimum absolute atomic E-state index is 0.0615. The van der Waals surface area contributed by atoms with Gasteiger partial charge in [0.25, 0.3) is 5.89 Å². The lowest BCUT2D eigenvalue weighted by molar-refractivity contribution is 0.0869. The van der Waals surface area contributed by atoms with Gasteiger partial charge >= 0.3 is 5.91 Å². The van der Waals surface area contributed by atoms with Crippen LogP contribution in [-0.4, -0.2) is 48.6 Å². The molecule has 1 amide bonds. The Balaban J connectivity index is 2.02. The fraction of sp³-hybridized carbons (Fsp3) is 0.692. The van der Waals surface area contributed by atoms with Crippen LogP contribution in [-0.2, 0) is 17.7 Å². The van der Waals surface area contributed by atoms with Crippen LogP contribution in [0.15, 0.2) is 4.42 Å². The van der Waals surface area contributed by atoms with Crippen LogP contribution in [0, 0.1) is 0 Å². The van der Waals surface area contributed by atoms with Gasteiger partial charge in [-0.2, -0.15) is 0 Å². The molecular formula is C13H21N3O3. The third kappa shape index (κ3) is 3.33. The monoisotopic (exact) mass is 267 g/mol. The van der Waals surface area contributed by atoms with Crippen LogP contribution < -0.4 is 5.32 Å². The average Bonchev–Trinajstić information content (AvgIpc) is 2.81. The van der Waals surface area contributed by atoms with Crippen molar-refractivity contribution < 1.29 is 13.9 Å². The van der Waals surface area contributed by atoms with Crippen molar-refractivity contribution in [2.75, 3.05) is 26.8 Å². The summed E-state index contributed by atoms with van der Waals surface area (Å²) in [5.41, 5.74) is 0.887. The second kappa shape index (κ2) is 6.16. The quantitative estimate of drug-likeness (QED) is 0.855. The van der Waals surface area contributed by atoms with Gasteiger partial charge in [0.05, 0.1) is 12.3 Å². The number of likely N-dealkylation sites (N-methyl/N-ethyl adjacent to an activating group) is 1. The van der Waals surface area contributed by atoms with E-state index in [0.717, 1.165) is 37.5 Å². The maximum absolute atomic E-state index is 12.0. The first-order valence-corrected chi connectivity index (χ1v) is 6.64. The molecule has 0 aromatic carbocycles. The van der Waals surface area contributed by atoms with Crippen LogP contribution in [0.4, 0.5) is 0 Å². The van der Waals surface area contributed by atoms with Crippen LogP contribution in [0.3, 0.4) is 0 Å². The molecule has 106 valence electrons. The largest absolute Gasteiger partial charge is 0.437 e. The van der Waals surface area contributed by atoms with Gasteiger partial charge < -0.3 is 14.5 Å². The Labute approximate surface area is 113 Å². The first-order chi connectivity index (χ1) is 9.13. The summed E-state index contributed by atoms with van der Waals surface area (Å²) in [4.78, 5) is 18.5. The number of ether oxygens (including phenoxy) is 1. The molecule has 0 fully saturated rings. The third-order valence-corrected chi connectivity index (χ3v) is 3.24. The zero-order valence-electron chi connectivity index (χ0n) is 11.7. The summed E-state index contributed by atoms with van der Waals surface area (Å²) in [7, 11) is 1.60. The second-order valence-corrected chi connectivity index (χ2v) is 4.84. The van der Waals surface area contributed by atoms with E-state index in [1.807, 2.05) is 6.92 Å². The molecule has 0 bridgehead atoms. The first kappa shape index (κ1) is 14.0. The summed E-state index contributed by atoms with van der Waals surface area (Å²) >= 11 is 0.